The van der Waals surface area contributed by atoms with Gasteiger partial charge in [-0.1, -0.05) is 35.9 Å². The van der Waals surface area contributed by atoms with Crippen LogP contribution in [0.1, 0.15) is 36.7 Å². The molecule has 0 saturated heterocycles. The lowest BCUT2D eigenvalue weighted by Crippen LogP contribution is -2.32. The Labute approximate surface area is 123 Å². The topological polar surface area (TPSA) is 55.4 Å². The highest BCUT2D eigenvalue weighted by atomic mass is 35.5. The molecule has 1 aromatic rings. The van der Waals surface area contributed by atoms with Crippen LogP contribution in [-0.4, -0.2) is 24.5 Å². The van der Waals surface area contributed by atoms with Crippen molar-refractivity contribution in [2.75, 3.05) is 6.54 Å². The fraction of sp³-hybridized carbons (Fsp3) is 0.333. The van der Waals surface area contributed by atoms with Crippen molar-refractivity contribution < 1.29 is 14.3 Å². The normalized spacial score (nSPS) is 11.4. The van der Waals surface area contributed by atoms with E-state index in [9.17, 15) is 9.59 Å². The maximum absolute atomic E-state index is 11.4. The van der Waals surface area contributed by atoms with Crippen LogP contribution in [0.2, 0.25) is 5.02 Å². The van der Waals surface area contributed by atoms with E-state index < -0.39 is 11.7 Å². The number of hydrogen-bond donors (Lipinski definition) is 1. The molecule has 0 saturated carbocycles. The zero-order valence-corrected chi connectivity index (χ0v) is 12.5. The summed E-state index contributed by atoms with van der Waals surface area (Å²) in [5, 5.41) is 3.00. The van der Waals surface area contributed by atoms with E-state index >= 15 is 0 Å². The first-order valence-electron chi connectivity index (χ1n) is 6.20. The van der Waals surface area contributed by atoms with Crippen molar-refractivity contribution >= 4 is 30.1 Å². The van der Waals surface area contributed by atoms with Crippen LogP contribution in [0.5, 0.6) is 0 Å². The smallest absolute Gasteiger partial charge is 0.407 e. The molecule has 1 aromatic carbocycles. The van der Waals surface area contributed by atoms with Gasteiger partial charge >= 0.3 is 6.09 Å². The first-order valence-corrected chi connectivity index (χ1v) is 6.58. The van der Waals surface area contributed by atoms with Gasteiger partial charge in [-0.2, -0.15) is 0 Å². The Balaban J connectivity index is 2.56. The number of aldehydes is 1. The van der Waals surface area contributed by atoms with Gasteiger partial charge in [-0.3, -0.25) is 4.79 Å². The third-order valence-corrected chi connectivity index (χ3v) is 2.59. The van der Waals surface area contributed by atoms with Gasteiger partial charge in [0.1, 0.15) is 5.60 Å². The number of carbonyl (C=O) groups excluding carboxylic acids is 2. The highest BCUT2D eigenvalue weighted by Gasteiger charge is 2.14. The monoisotopic (exact) mass is 295 g/mol. The number of ether oxygens (including phenoxy) is 1. The molecule has 1 amide bonds. The van der Waals surface area contributed by atoms with Crippen LogP contribution in [-0.2, 0) is 4.74 Å². The quantitative estimate of drug-likeness (QED) is 0.862. The average Bonchev–Trinajstić information content (AvgIpc) is 2.32. The second-order valence-electron chi connectivity index (χ2n) is 5.15. The molecule has 108 valence electrons. The molecule has 0 aliphatic heterocycles. The Morgan fingerprint density at radius 1 is 1.40 bits per heavy atom. The Morgan fingerprint density at radius 2 is 2.10 bits per heavy atom. The predicted octanol–water partition coefficient (Wildman–Crippen LogP) is 3.69. The second kappa shape index (κ2) is 7.10. The molecule has 0 bridgehead atoms. The number of benzene rings is 1. The molecule has 0 aromatic heterocycles. The van der Waals surface area contributed by atoms with Gasteiger partial charge in [0.25, 0.3) is 0 Å². The van der Waals surface area contributed by atoms with Crippen molar-refractivity contribution in [3.63, 3.8) is 0 Å². The lowest BCUT2D eigenvalue weighted by Gasteiger charge is -2.19. The van der Waals surface area contributed by atoms with E-state index in [2.05, 4.69) is 5.32 Å². The Morgan fingerprint density at radius 3 is 2.70 bits per heavy atom. The third-order valence-electron chi connectivity index (χ3n) is 2.27. The third kappa shape index (κ3) is 5.45. The summed E-state index contributed by atoms with van der Waals surface area (Å²) >= 11 is 5.91. The number of carbonyl (C=O) groups is 2. The van der Waals surface area contributed by atoms with Gasteiger partial charge < -0.3 is 10.1 Å². The lowest BCUT2D eigenvalue weighted by atomic mass is 10.1. The van der Waals surface area contributed by atoms with Crippen molar-refractivity contribution in [3.8, 4) is 0 Å². The van der Waals surface area contributed by atoms with E-state index in [1.54, 1.807) is 51.1 Å². The van der Waals surface area contributed by atoms with Crippen LogP contribution in [0.4, 0.5) is 4.79 Å². The van der Waals surface area contributed by atoms with Crippen LogP contribution in [0.25, 0.3) is 6.08 Å². The van der Waals surface area contributed by atoms with Crippen molar-refractivity contribution in [1.29, 1.82) is 0 Å². The molecule has 0 fully saturated rings. The molecule has 0 radical (unpaired) electrons. The SMILES string of the molecule is CC(C)(C)OC(=O)NCC=Cc1cccc(Cl)c1C=O. The zero-order chi connectivity index (χ0) is 15.2. The molecule has 20 heavy (non-hydrogen) atoms. The van der Waals surface area contributed by atoms with E-state index in [-0.39, 0.29) is 0 Å². The number of nitrogens with one attached hydrogen (secondary N) is 1. The summed E-state index contributed by atoms with van der Waals surface area (Å²) in [7, 11) is 0. The maximum Gasteiger partial charge on any atom is 0.407 e. The molecule has 0 heterocycles. The number of rotatable bonds is 4. The van der Waals surface area contributed by atoms with Crippen molar-refractivity contribution in [2.45, 2.75) is 26.4 Å². The van der Waals surface area contributed by atoms with Crippen molar-refractivity contribution in [1.82, 2.24) is 5.32 Å². The first-order chi connectivity index (χ1) is 9.33. The summed E-state index contributed by atoms with van der Waals surface area (Å²) in [6, 6.07) is 5.19. The fourth-order valence-corrected chi connectivity index (χ4v) is 1.69. The Kier molecular flexibility index (Phi) is 5.77. The van der Waals surface area contributed by atoms with E-state index in [1.165, 1.54) is 0 Å². The van der Waals surface area contributed by atoms with Gasteiger partial charge in [-0.05, 0) is 32.4 Å². The molecule has 0 unspecified atom stereocenters. The molecule has 0 spiro atoms. The lowest BCUT2D eigenvalue weighted by molar-refractivity contribution is 0.0534. The van der Waals surface area contributed by atoms with Gasteiger partial charge in [-0.25, -0.2) is 4.79 Å². The summed E-state index contributed by atoms with van der Waals surface area (Å²) in [5.74, 6) is 0. The Bertz CT molecular complexity index is 518. The minimum absolute atomic E-state index is 0.305. The van der Waals surface area contributed by atoms with Gasteiger partial charge in [-0.15, -0.1) is 0 Å². The average molecular weight is 296 g/mol. The molecule has 5 heteroatoms. The van der Waals surface area contributed by atoms with Crippen LogP contribution < -0.4 is 5.32 Å². The van der Waals surface area contributed by atoms with Crippen LogP contribution in [0.3, 0.4) is 0 Å². The fourth-order valence-electron chi connectivity index (χ4n) is 1.47. The standard InChI is InChI=1S/C15H18ClNO3/c1-15(2,3)20-14(19)17-9-5-7-11-6-4-8-13(16)12(11)10-18/h4-8,10H,9H2,1-3H3,(H,17,19). The molecular formula is C15H18ClNO3. The minimum Gasteiger partial charge on any atom is -0.444 e. The molecule has 0 atom stereocenters. The summed E-state index contributed by atoms with van der Waals surface area (Å²) in [5.41, 5.74) is 0.618. The number of halogens is 1. The summed E-state index contributed by atoms with van der Waals surface area (Å²) < 4.78 is 5.09. The largest absolute Gasteiger partial charge is 0.444 e. The Hall–Kier alpha value is -1.81. The van der Waals surface area contributed by atoms with Crippen LogP contribution in [0, 0.1) is 0 Å². The number of hydrogen-bond acceptors (Lipinski definition) is 3. The second-order valence-corrected chi connectivity index (χ2v) is 5.55. The van der Waals surface area contributed by atoms with Crippen LogP contribution >= 0.6 is 11.6 Å². The maximum atomic E-state index is 11.4. The van der Waals surface area contributed by atoms with Gasteiger partial charge in [0.2, 0.25) is 0 Å². The van der Waals surface area contributed by atoms with Gasteiger partial charge in [0.15, 0.2) is 6.29 Å². The summed E-state index contributed by atoms with van der Waals surface area (Å²) in [6.07, 6.45) is 3.68. The molecular weight excluding hydrogens is 278 g/mol. The predicted molar refractivity (Wildman–Crippen MR) is 80.1 cm³/mol. The van der Waals surface area contributed by atoms with E-state index in [0.29, 0.717) is 29.0 Å². The van der Waals surface area contributed by atoms with Gasteiger partial charge in [0.05, 0.1) is 5.02 Å². The van der Waals surface area contributed by atoms with Crippen LogP contribution in [0.15, 0.2) is 24.3 Å². The zero-order valence-electron chi connectivity index (χ0n) is 11.8. The molecule has 1 rings (SSSR count). The number of amides is 1. The minimum atomic E-state index is -0.522. The first kappa shape index (κ1) is 16.2. The molecule has 4 nitrogen and oxygen atoms in total. The highest BCUT2D eigenvalue weighted by molar-refractivity contribution is 6.33. The summed E-state index contributed by atoms with van der Waals surface area (Å²) in [4.78, 5) is 22.3. The summed E-state index contributed by atoms with van der Waals surface area (Å²) in [6.45, 7) is 5.69. The van der Waals surface area contributed by atoms with E-state index in [0.717, 1.165) is 0 Å². The van der Waals surface area contributed by atoms with E-state index in [4.69, 9.17) is 16.3 Å². The van der Waals surface area contributed by atoms with E-state index in [1.807, 2.05) is 0 Å². The van der Waals surface area contributed by atoms with Crippen molar-refractivity contribution in [2.24, 2.45) is 0 Å². The molecule has 0 aliphatic rings. The van der Waals surface area contributed by atoms with Gasteiger partial charge in [0, 0.05) is 12.1 Å². The molecule has 0 aliphatic carbocycles. The molecule has 1 N–H and O–H groups in total. The van der Waals surface area contributed by atoms with Crippen molar-refractivity contribution in [3.05, 3.63) is 40.4 Å². The highest BCUT2D eigenvalue weighted by Crippen LogP contribution is 2.19. The number of alkyl carbamates (subject to hydrolysis) is 1.